The second kappa shape index (κ2) is 55.2. The van der Waals surface area contributed by atoms with E-state index in [0.29, 0.717) is 12.8 Å². The molecule has 0 spiro atoms. The molecular formula is C58H114O5. The molecule has 0 aromatic rings. The number of unbranched alkanes of at least 4 members (excludes halogenated alkanes) is 47. The zero-order chi connectivity index (χ0) is 45.6. The molecule has 0 saturated heterocycles. The Hall–Kier alpha value is -1.10. The van der Waals surface area contributed by atoms with Gasteiger partial charge >= 0.3 is 11.9 Å². The van der Waals surface area contributed by atoms with Crippen LogP contribution in [0.15, 0.2) is 0 Å². The second-order valence-electron chi connectivity index (χ2n) is 20.1. The summed E-state index contributed by atoms with van der Waals surface area (Å²) in [5.41, 5.74) is 0. The van der Waals surface area contributed by atoms with E-state index in [1.165, 1.54) is 283 Å². The topological polar surface area (TPSA) is 72.8 Å². The number of ether oxygens (including phenoxy) is 2. The van der Waals surface area contributed by atoms with E-state index < -0.39 is 6.10 Å². The van der Waals surface area contributed by atoms with Crippen LogP contribution in [0.3, 0.4) is 0 Å². The third kappa shape index (κ3) is 53.4. The molecule has 0 bridgehead atoms. The predicted molar refractivity (Wildman–Crippen MR) is 275 cm³/mol. The Kier molecular flexibility index (Phi) is 54.3. The van der Waals surface area contributed by atoms with E-state index in [1.807, 2.05) is 0 Å². The third-order valence-corrected chi connectivity index (χ3v) is 13.7. The fraction of sp³-hybridized carbons (Fsp3) is 0.966. The lowest BCUT2D eigenvalue weighted by molar-refractivity contribution is -0.161. The summed E-state index contributed by atoms with van der Waals surface area (Å²) < 4.78 is 10.7. The van der Waals surface area contributed by atoms with Gasteiger partial charge in [0.25, 0.3) is 0 Å². The van der Waals surface area contributed by atoms with Crippen molar-refractivity contribution in [3.05, 3.63) is 0 Å². The number of esters is 2. The van der Waals surface area contributed by atoms with Crippen molar-refractivity contribution < 1.29 is 24.2 Å². The summed E-state index contributed by atoms with van der Waals surface area (Å²) in [4.78, 5) is 24.5. The van der Waals surface area contributed by atoms with Gasteiger partial charge in [-0.2, -0.15) is 0 Å². The molecule has 376 valence electrons. The molecule has 63 heavy (non-hydrogen) atoms. The molecule has 1 N–H and O–H groups in total. The standard InChI is InChI=1S/C58H114O5/c1-3-5-7-9-11-13-15-17-19-21-22-23-24-25-26-27-28-29-30-31-32-33-34-35-36-37-39-41-43-45-47-49-51-53-58(61)63-56(54-59)55-62-57(60)52-50-48-46-44-42-40-38-20-18-16-14-12-10-8-6-4-2/h56,59H,3-55H2,1-2H3. The highest BCUT2D eigenvalue weighted by molar-refractivity contribution is 5.70. The van der Waals surface area contributed by atoms with Gasteiger partial charge in [-0.3, -0.25) is 9.59 Å². The van der Waals surface area contributed by atoms with Gasteiger partial charge in [-0.15, -0.1) is 0 Å². The number of hydrogen-bond acceptors (Lipinski definition) is 5. The Bertz CT molecular complexity index is 875. The fourth-order valence-corrected chi connectivity index (χ4v) is 9.27. The lowest BCUT2D eigenvalue weighted by atomic mass is 10.0. The van der Waals surface area contributed by atoms with Crippen molar-refractivity contribution in [2.24, 2.45) is 0 Å². The Labute approximate surface area is 395 Å². The average molecular weight is 892 g/mol. The number of rotatable bonds is 55. The van der Waals surface area contributed by atoms with E-state index in [0.717, 1.165) is 32.1 Å². The highest BCUT2D eigenvalue weighted by atomic mass is 16.6. The first-order chi connectivity index (χ1) is 31.1. The molecular weight excluding hydrogens is 777 g/mol. The van der Waals surface area contributed by atoms with Crippen molar-refractivity contribution in [1.29, 1.82) is 0 Å². The molecule has 1 unspecified atom stereocenters. The molecule has 0 saturated carbocycles. The number of carbonyl (C=O) groups excluding carboxylic acids is 2. The van der Waals surface area contributed by atoms with Crippen LogP contribution in [0.25, 0.3) is 0 Å². The zero-order valence-electron chi connectivity index (χ0n) is 43.1. The summed E-state index contributed by atoms with van der Waals surface area (Å²) in [5, 5.41) is 9.64. The molecule has 0 rings (SSSR count). The summed E-state index contributed by atoms with van der Waals surface area (Å²) in [6, 6.07) is 0. The van der Waals surface area contributed by atoms with E-state index in [1.54, 1.807) is 0 Å². The molecule has 1 atom stereocenters. The highest BCUT2D eigenvalue weighted by Crippen LogP contribution is 2.18. The smallest absolute Gasteiger partial charge is 0.306 e. The van der Waals surface area contributed by atoms with Gasteiger partial charge in [0.05, 0.1) is 6.61 Å². The van der Waals surface area contributed by atoms with Crippen molar-refractivity contribution in [2.75, 3.05) is 13.2 Å². The maximum Gasteiger partial charge on any atom is 0.306 e. The molecule has 5 heteroatoms. The molecule has 0 aliphatic heterocycles. The maximum atomic E-state index is 12.3. The summed E-state index contributed by atoms with van der Waals surface area (Å²) >= 11 is 0. The van der Waals surface area contributed by atoms with Crippen molar-refractivity contribution in [2.45, 2.75) is 347 Å². The molecule has 0 aromatic carbocycles. The van der Waals surface area contributed by atoms with Crippen molar-refractivity contribution in [3.63, 3.8) is 0 Å². The predicted octanol–water partition coefficient (Wildman–Crippen LogP) is 19.4. The number of hydrogen-bond donors (Lipinski definition) is 1. The Balaban J connectivity index is 3.35. The van der Waals surface area contributed by atoms with Crippen LogP contribution in [-0.2, 0) is 19.1 Å². The molecule has 0 amide bonds. The van der Waals surface area contributed by atoms with E-state index in [9.17, 15) is 14.7 Å². The van der Waals surface area contributed by atoms with Crippen LogP contribution in [-0.4, -0.2) is 36.4 Å². The number of aliphatic hydroxyl groups is 1. The lowest BCUT2D eigenvalue weighted by Gasteiger charge is -2.15. The Morgan fingerprint density at radius 2 is 0.492 bits per heavy atom. The minimum absolute atomic E-state index is 0.0560. The largest absolute Gasteiger partial charge is 0.462 e. The summed E-state index contributed by atoms with van der Waals surface area (Å²) in [5.74, 6) is -0.565. The molecule has 5 nitrogen and oxygen atoms in total. The zero-order valence-corrected chi connectivity index (χ0v) is 43.1. The minimum Gasteiger partial charge on any atom is -0.462 e. The second-order valence-corrected chi connectivity index (χ2v) is 20.1. The lowest BCUT2D eigenvalue weighted by Crippen LogP contribution is -2.28. The minimum atomic E-state index is -0.763. The summed E-state index contributed by atoms with van der Waals surface area (Å²) in [7, 11) is 0. The summed E-state index contributed by atoms with van der Waals surface area (Å²) in [6.07, 6.45) is 66.7. The van der Waals surface area contributed by atoms with Gasteiger partial charge in [-0.1, -0.05) is 316 Å². The molecule has 0 heterocycles. The summed E-state index contributed by atoms with van der Waals surface area (Å²) in [6.45, 7) is 4.20. The van der Waals surface area contributed by atoms with E-state index >= 15 is 0 Å². The number of aliphatic hydroxyl groups excluding tert-OH is 1. The molecule has 0 aromatic heterocycles. The van der Waals surface area contributed by atoms with Crippen LogP contribution in [0.4, 0.5) is 0 Å². The van der Waals surface area contributed by atoms with Crippen LogP contribution < -0.4 is 0 Å². The van der Waals surface area contributed by atoms with Crippen molar-refractivity contribution in [1.82, 2.24) is 0 Å². The van der Waals surface area contributed by atoms with E-state index in [-0.39, 0.29) is 25.2 Å². The molecule has 0 radical (unpaired) electrons. The molecule has 0 aliphatic carbocycles. The first-order valence-electron chi connectivity index (χ1n) is 29.1. The third-order valence-electron chi connectivity index (χ3n) is 13.7. The Morgan fingerprint density at radius 1 is 0.302 bits per heavy atom. The average Bonchev–Trinajstić information content (AvgIpc) is 3.29. The van der Waals surface area contributed by atoms with Gasteiger partial charge in [0.15, 0.2) is 6.10 Å². The van der Waals surface area contributed by atoms with Crippen LogP contribution in [0.1, 0.15) is 341 Å². The quantitative estimate of drug-likeness (QED) is 0.0486. The van der Waals surface area contributed by atoms with Crippen molar-refractivity contribution in [3.8, 4) is 0 Å². The molecule has 0 aliphatic rings. The van der Waals surface area contributed by atoms with Crippen LogP contribution in [0, 0.1) is 0 Å². The van der Waals surface area contributed by atoms with Gasteiger partial charge in [0.2, 0.25) is 0 Å². The fourth-order valence-electron chi connectivity index (χ4n) is 9.27. The monoisotopic (exact) mass is 891 g/mol. The maximum absolute atomic E-state index is 12.3. The van der Waals surface area contributed by atoms with Gasteiger partial charge in [-0.05, 0) is 12.8 Å². The van der Waals surface area contributed by atoms with Crippen LogP contribution in [0.2, 0.25) is 0 Å². The number of carbonyl (C=O) groups is 2. The van der Waals surface area contributed by atoms with Gasteiger partial charge < -0.3 is 14.6 Å². The van der Waals surface area contributed by atoms with Gasteiger partial charge in [0, 0.05) is 12.8 Å². The van der Waals surface area contributed by atoms with E-state index in [2.05, 4.69) is 13.8 Å². The first-order valence-corrected chi connectivity index (χ1v) is 29.1. The van der Waals surface area contributed by atoms with Crippen LogP contribution >= 0.6 is 0 Å². The SMILES string of the molecule is CCCCCCCCCCCCCCCCCCCCCCCCCCCCCCCCCCCC(=O)OC(CO)COC(=O)CCCCCCCCCCCCCCCCCC. The van der Waals surface area contributed by atoms with Crippen molar-refractivity contribution >= 4 is 11.9 Å². The van der Waals surface area contributed by atoms with Crippen LogP contribution in [0.5, 0.6) is 0 Å². The Morgan fingerprint density at radius 3 is 0.698 bits per heavy atom. The van der Waals surface area contributed by atoms with E-state index in [4.69, 9.17) is 9.47 Å². The van der Waals surface area contributed by atoms with Gasteiger partial charge in [-0.25, -0.2) is 0 Å². The first kappa shape index (κ1) is 61.9. The normalized spacial score (nSPS) is 12.0. The highest BCUT2D eigenvalue weighted by Gasteiger charge is 2.16. The van der Waals surface area contributed by atoms with Gasteiger partial charge in [0.1, 0.15) is 6.61 Å². The molecule has 0 fully saturated rings.